The standard InChI is InChI=1S/C12H22P.2C2H4.Ni/c1-3-7-11(8-4-1)13-12-9-5-2-6-10-12;2*1-2;/h11-12H,1-10H2;2*1H,2H3;/q-1;;;+1. The maximum absolute atomic E-state index is 2.55. The van der Waals surface area contributed by atoms with Crippen molar-refractivity contribution in [2.75, 3.05) is 0 Å². The van der Waals surface area contributed by atoms with E-state index < -0.39 is 0 Å². The molecule has 2 aliphatic rings. The zero-order chi connectivity index (χ0) is 12.8. The second-order valence-electron chi connectivity index (χ2n) is 5.53. The Morgan fingerprint density at radius 2 is 1.11 bits per heavy atom. The van der Waals surface area contributed by atoms with Gasteiger partial charge in [-0.1, -0.05) is 0 Å². The molecular weight excluding hydrogens is 282 g/mol. The van der Waals surface area contributed by atoms with Crippen molar-refractivity contribution in [2.24, 2.45) is 0 Å². The number of rotatable bonds is 3. The Morgan fingerprint density at radius 3 is 1.44 bits per heavy atom. The molecule has 0 aliphatic heterocycles. The molecular formula is C16H30NiP. The normalized spacial score (nSPS) is 26.9. The first-order valence-electron chi connectivity index (χ1n) is 7.81. The summed E-state index contributed by atoms with van der Waals surface area (Å²) in [6.07, 6.45) is 15.3. The van der Waals surface area contributed by atoms with Gasteiger partial charge in [0.2, 0.25) is 0 Å². The van der Waals surface area contributed by atoms with Gasteiger partial charge in [0, 0.05) is 0 Å². The predicted molar refractivity (Wildman–Crippen MR) is 84.1 cm³/mol. The predicted octanol–water partition coefficient (Wildman–Crippen LogP) is 5.31. The third-order valence-corrected chi connectivity index (χ3v) is 13.5. The van der Waals surface area contributed by atoms with Gasteiger partial charge in [-0.2, -0.15) is 0 Å². The molecule has 2 heteroatoms. The van der Waals surface area contributed by atoms with Gasteiger partial charge in [-0.15, -0.1) is 0 Å². The van der Waals surface area contributed by atoms with E-state index in [1.54, 1.807) is 25.7 Å². The van der Waals surface area contributed by atoms with Gasteiger partial charge in [-0.25, -0.2) is 0 Å². The van der Waals surface area contributed by atoms with Crippen LogP contribution >= 0.6 is 6.70 Å². The van der Waals surface area contributed by atoms with Gasteiger partial charge in [0.1, 0.15) is 0 Å². The molecule has 18 heavy (non-hydrogen) atoms. The van der Waals surface area contributed by atoms with E-state index in [-0.39, 0.29) is 6.70 Å². The van der Waals surface area contributed by atoms with Crippen LogP contribution in [0.4, 0.5) is 0 Å². The minimum absolute atomic E-state index is 0.270. The third kappa shape index (κ3) is 3.83. The molecule has 2 fully saturated rings. The molecule has 0 nitrogen and oxygen atoms in total. The van der Waals surface area contributed by atoms with Crippen molar-refractivity contribution >= 4 is 16.7 Å². The Kier molecular flexibility index (Phi) is 6.75. The van der Waals surface area contributed by atoms with Crippen molar-refractivity contribution in [1.29, 1.82) is 0 Å². The SMILES string of the molecule is C/[CH]=[Ni](=[CH]/C)\[P](C1CCCCC1)C1CCCCC1. The molecule has 2 aliphatic carbocycles. The molecule has 0 aromatic heterocycles. The molecule has 2 rings (SSSR count). The van der Waals surface area contributed by atoms with Crippen molar-refractivity contribution in [2.45, 2.75) is 89.4 Å². The van der Waals surface area contributed by atoms with Gasteiger partial charge in [0.15, 0.2) is 0 Å². The van der Waals surface area contributed by atoms with Crippen LogP contribution in [0, 0.1) is 0 Å². The summed E-state index contributed by atoms with van der Waals surface area (Å²) in [4.78, 5) is 5.10. The summed E-state index contributed by atoms with van der Waals surface area (Å²) >= 11 is 0.396. The minimum atomic E-state index is 0.270. The first-order valence-corrected chi connectivity index (χ1v) is 11.6. The van der Waals surface area contributed by atoms with E-state index in [2.05, 4.69) is 23.8 Å². The molecule has 0 amide bonds. The maximum atomic E-state index is 2.55. The van der Waals surface area contributed by atoms with Crippen molar-refractivity contribution in [3.63, 3.8) is 0 Å². The van der Waals surface area contributed by atoms with E-state index in [1.165, 1.54) is 38.5 Å². The van der Waals surface area contributed by atoms with E-state index in [4.69, 9.17) is 0 Å². The monoisotopic (exact) mass is 311 g/mol. The van der Waals surface area contributed by atoms with Gasteiger partial charge in [-0.3, -0.25) is 0 Å². The summed E-state index contributed by atoms with van der Waals surface area (Å²) in [6.45, 7) is 4.90. The zero-order valence-electron chi connectivity index (χ0n) is 12.1. The van der Waals surface area contributed by atoms with Crippen LogP contribution in [0.3, 0.4) is 0 Å². The summed E-state index contributed by atoms with van der Waals surface area (Å²) in [5.41, 5.74) is 2.22. The van der Waals surface area contributed by atoms with Crippen LogP contribution in [0.2, 0.25) is 0 Å². The molecule has 0 aromatic carbocycles. The van der Waals surface area contributed by atoms with Crippen molar-refractivity contribution in [3.8, 4) is 0 Å². The summed E-state index contributed by atoms with van der Waals surface area (Å²) in [7, 11) is 0. The van der Waals surface area contributed by atoms with Crippen LogP contribution in [0.15, 0.2) is 0 Å². The van der Waals surface area contributed by atoms with Gasteiger partial charge >= 0.3 is 118 Å². The first-order chi connectivity index (χ1) is 8.86. The van der Waals surface area contributed by atoms with Crippen LogP contribution < -0.4 is 0 Å². The van der Waals surface area contributed by atoms with Gasteiger partial charge in [0.05, 0.1) is 0 Å². The van der Waals surface area contributed by atoms with Crippen LogP contribution in [0.5, 0.6) is 0 Å². The fraction of sp³-hybridized carbons (Fsp3) is 0.875. The average Bonchev–Trinajstić information content (AvgIpc) is 2.46. The fourth-order valence-corrected chi connectivity index (χ4v) is 12.8. The quantitative estimate of drug-likeness (QED) is 0.489. The Bertz CT molecular complexity index is 288. The molecule has 0 saturated heterocycles. The molecule has 0 heterocycles. The first kappa shape index (κ1) is 15.1. The van der Waals surface area contributed by atoms with Crippen molar-refractivity contribution in [1.82, 2.24) is 0 Å². The average molecular weight is 312 g/mol. The van der Waals surface area contributed by atoms with E-state index in [1.807, 2.05) is 0 Å². The van der Waals surface area contributed by atoms with Gasteiger partial charge in [-0.05, 0) is 0 Å². The van der Waals surface area contributed by atoms with Crippen LogP contribution in [0.25, 0.3) is 0 Å². The topological polar surface area (TPSA) is 0 Å². The second-order valence-corrected chi connectivity index (χ2v) is 12.5. The Balaban J connectivity index is 2.15. The molecule has 109 valence electrons. The summed E-state index contributed by atoms with van der Waals surface area (Å²) in [5, 5.41) is 0. The van der Waals surface area contributed by atoms with Crippen LogP contribution in [0.1, 0.15) is 78.1 Å². The van der Waals surface area contributed by atoms with Crippen molar-refractivity contribution in [3.05, 3.63) is 0 Å². The van der Waals surface area contributed by atoms with E-state index in [9.17, 15) is 0 Å². The molecule has 0 atom stereocenters. The number of hydrogen-bond donors (Lipinski definition) is 0. The Hall–Kier alpha value is 0.664. The van der Waals surface area contributed by atoms with Gasteiger partial charge < -0.3 is 0 Å². The molecule has 0 unspecified atom stereocenters. The Morgan fingerprint density at radius 1 is 0.722 bits per heavy atom. The van der Waals surface area contributed by atoms with Crippen LogP contribution in [-0.2, 0) is 12.1 Å². The van der Waals surface area contributed by atoms with E-state index in [0.717, 1.165) is 11.3 Å². The molecule has 0 spiro atoms. The zero-order valence-corrected chi connectivity index (χ0v) is 14.0. The van der Waals surface area contributed by atoms with E-state index in [0.29, 0.717) is 12.1 Å². The van der Waals surface area contributed by atoms with E-state index >= 15 is 0 Å². The summed E-state index contributed by atoms with van der Waals surface area (Å²) in [6, 6.07) is 0. The molecule has 0 aromatic rings. The third-order valence-electron chi connectivity index (χ3n) is 4.36. The van der Waals surface area contributed by atoms with Gasteiger partial charge in [0.25, 0.3) is 0 Å². The summed E-state index contributed by atoms with van der Waals surface area (Å²) < 4.78 is 0. The number of hydrogen-bond acceptors (Lipinski definition) is 0. The molecule has 0 radical (unpaired) electrons. The fourth-order valence-electron chi connectivity index (χ4n) is 3.48. The van der Waals surface area contributed by atoms with Crippen LogP contribution in [-0.4, -0.2) is 21.3 Å². The second kappa shape index (κ2) is 8.06. The Labute approximate surface area is 118 Å². The summed E-state index contributed by atoms with van der Waals surface area (Å²) in [5.74, 6) is 0. The molecule has 0 N–H and O–H groups in total. The molecule has 0 bridgehead atoms. The molecule has 2 saturated carbocycles. The van der Waals surface area contributed by atoms with Crippen molar-refractivity contribution < 1.29 is 12.1 Å².